The van der Waals surface area contributed by atoms with E-state index in [1.54, 1.807) is 28.2 Å². The molecule has 2 aliphatic heterocycles. The first-order chi connectivity index (χ1) is 21.8. The summed E-state index contributed by atoms with van der Waals surface area (Å²) in [6, 6.07) is 8.36. The summed E-state index contributed by atoms with van der Waals surface area (Å²) in [7, 11) is 6.80. The van der Waals surface area contributed by atoms with E-state index in [1.807, 2.05) is 30.3 Å². The maximum atomic E-state index is 12.5. The second-order valence-electron chi connectivity index (χ2n) is 14.3. The Kier molecular flexibility index (Phi) is 12.5. The number of rotatable bonds is 11. The number of amides is 3. The molecule has 2 saturated carbocycles. The molecule has 12 heteroatoms. The first-order valence-electron chi connectivity index (χ1n) is 16.8. The van der Waals surface area contributed by atoms with Crippen molar-refractivity contribution < 1.29 is 29.3 Å². The molecule has 1 aromatic carbocycles. The average molecular weight is 645 g/mol. The number of ether oxygens (including phenoxy) is 1. The predicted octanol–water partition coefficient (Wildman–Crippen LogP) is 1.25. The molecule has 2 spiro atoms. The number of alkyl carbamates (subject to hydrolysis) is 1. The molecule has 3 amide bonds. The van der Waals surface area contributed by atoms with E-state index in [2.05, 4.69) is 15.1 Å². The van der Waals surface area contributed by atoms with Crippen LogP contribution in [0.1, 0.15) is 56.9 Å². The molecule has 2 aliphatic carbocycles. The van der Waals surface area contributed by atoms with Crippen LogP contribution >= 0.6 is 0 Å². The van der Waals surface area contributed by atoms with Crippen LogP contribution in [0.25, 0.3) is 0 Å². The molecule has 4 fully saturated rings. The van der Waals surface area contributed by atoms with Crippen molar-refractivity contribution >= 4 is 17.9 Å². The monoisotopic (exact) mass is 644 g/mol. The maximum Gasteiger partial charge on any atom is 0.408 e. The molecule has 0 radical (unpaired) electrons. The van der Waals surface area contributed by atoms with Gasteiger partial charge in [-0.3, -0.25) is 9.59 Å². The molecule has 1 aromatic rings. The number of hydrogen-bond donors (Lipinski definition) is 4. The fraction of sp³-hybridized carbons (Fsp3) is 0.735. The van der Waals surface area contributed by atoms with Gasteiger partial charge in [-0.2, -0.15) is 0 Å². The maximum absolute atomic E-state index is 12.5. The van der Waals surface area contributed by atoms with Gasteiger partial charge in [0.05, 0.1) is 18.2 Å². The zero-order chi connectivity index (χ0) is 33.5. The van der Waals surface area contributed by atoms with E-state index >= 15 is 0 Å². The Bertz CT molecular complexity index is 1160. The quantitative estimate of drug-likeness (QED) is 0.279. The number of benzene rings is 1. The van der Waals surface area contributed by atoms with Gasteiger partial charge in [-0.1, -0.05) is 30.3 Å². The Morgan fingerprint density at radius 2 is 1.35 bits per heavy atom. The van der Waals surface area contributed by atoms with Gasteiger partial charge in [0.1, 0.15) is 12.6 Å². The fourth-order valence-corrected chi connectivity index (χ4v) is 6.61. The van der Waals surface area contributed by atoms with E-state index in [1.165, 1.54) is 22.6 Å². The van der Waals surface area contributed by atoms with Crippen LogP contribution in [0.3, 0.4) is 0 Å². The summed E-state index contributed by atoms with van der Waals surface area (Å²) in [6.07, 6.45) is 6.78. The molecule has 0 bridgehead atoms. The topological polar surface area (TPSA) is 152 Å². The number of carbonyl (C=O) groups is 3. The van der Waals surface area contributed by atoms with Crippen LogP contribution in [0.5, 0.6) is 0 Å². The van der Waals surface area contributed by atoms with Crippen molar-refractivity contribution in [2.24, 2.45) is 16.6 Å². The van der Waals surface area contributed by atoms with Gasteiger partial charge in [-0.25, -0.2) is 4.79 Å². The van der Waals surface area contributed by atoms with E-state index < -0.39 is 18.2 Å². The van der Waals surface area contributed by atoms with Crippen molar-refractivity contribution in [3.8, 4) is 0 Å². The van der Waals surface area contributed by atoms with Crippen LogP contribution in [0.4, 0.5) is 4.79 Å². The highest BCUT2D eigenvalue weighted by Crippen LogP contribution is 2.54. The number of β-amino-alcohol motifs (C(OH)–C–C–N with tert-alkyl or cyclic N) is 2. The lowest BCUT2D eigenvalue weighted by molar-refractivity contribution is -0.131. The summed E-state index contributed by atoms with van der Waals surface area (Å²) in [5, 5.41) is 23.1. The van der Waals surface area contributed by atoms with E-state index in [0.29, 0.717) is 25.9 Å². The molecule has 12 nitrogen and oxygen atoms in total. The molecule has 46 heavy (non-hydrogen) atoms. The van der Waals surface area contributed by atoms with Crippen LogP contribution in [-0.4, -0.2) is 139 Å². The summed E-state index contributed by atoms with van der Waals surface area (Å²) in [6.45, 7) is 4.95. The van der Waals surface area contributed by atoms with E-state index in [4.69, 9.17) is 10.5 Å². The molecule has 5 N–H and O–H groups in total. The van der Waals surface area contributed by atoms with Crippen LogP contribution in [0.2, 0.25) is 0 Å². The highest BCUT2D eigenvalue weighted by Gasteiger charge is 2.52. The van der Waals surface area contributed by atoms with Crippen molar-refractivity contribution in [3.05, 3.63) is 35.9 Å². The molecule has 5 rings (SSSR count). The van der Waals surface area contributed by atoms with Crippen molar-refractivity contribution in [3.63, 3.8) is 0 Å². The number of nitrogens with one attached hydrogen (secondary N) is 1. The largest absolute Gasteiger partial charge is 0.445 e. The van der Waals surface area contributed by atoms with E-state index in [9.17, 15) is 24.6 Å². The Hall–Kier alpha value is -2.77. The van der Waals surface area contributed by atoms with Crippen LogP contribution in [0.15, 0.2) is 30.3 Å². The smallest absolute Gasteiger partial charge is 0.408 e. The van der Waals surface area contributed by atoms with Gasteiger partial charge >= 0.3 is 6.09 Å². The number of hydrogen-bond acceptors (Lipinski definition) is 9. The summed E-state index contributed by atoms with van der Waals surface area (Å²) in [4.78, 5) is 43.7. The zero-order valence-electron chi connectivity index (χ0n) is 28.2. The van der Waals surface area contributed by atoms with Gasteiger partial charge in [-0.15, -0.1) is 0 Å². The summed E-state index contributed by atoms with van der Waals surface area (Å²) in [5.41, 5.74) is 7.16. The molecular formula is C34H56N6O6. The average Bonchev–Trinajstić information content (AvgIpc) is 3.98. The van der Waals surface area contributed by atoms with Gasteiger partial charge in [0.25, 0.3) is 0 Å². The minimum atomic E-state index is -0.646. The third-order valence-electron chi connectivity index (χ3n) is 10.4. The molecule has 4 aliphatic rings. The minimum absolute atomic E-state index is 0.0220. The number of likely N-dealkylation sites (tertiary alicyclic amines) is 2. The van der Waals surface area contributed by atoms with Crippen molar-refractivity contribution in [1.82, 2.24) is 24.9 Å². The number of aliphatic hydroxyl groups is 2. The molecular weight excluding hydrogens is 588 g/mol. The highest BCUT2D eigenvalue weighted by molar-refractivity contribution is 5.85. The van der Waals surface area contributed by atoms with Crippen molar-refractivity contribution in [1.29, 1.82) is 0 Å². The molecule has 4 atom stereocenters. The molecule has 2 saturated heterocycles. The molecule has 0 aromatic heterocycles. The van der Waals surface area contributed by atoms with Crippen LogP contribution in [-0.2, 0) is 20.9 Å². The first-order valence-corrected chi connectivity index (χ1v) is 16.8. The second kappa shape index (κ2) is 15.9. The Labute approximate surface area is 274 Å². The molecule has 2 heterocycles. The lowest BCUT2D eigenvalue weighted by atomic mass is 9.90. The van der Waals surface area contributed by atoms with Crippen molar-refractivity contribution in [2.45, 2.75) is 82.3 Å². The Morgan fingerprint density at radius 3 is 1.80 bits per heavy atom. The number of nitrogens with zero attached hydrogens (tertiary/aromatic N) is 4. The van der Waals surface area contributed by atoms with Gasteiger partial charge < -0.3 is 45.6 Å². The van der Waals surface area contributed by atoms with Crippen LogP contribution < -0.4 is 11.1 Å². The van der Waals surface area contributed by atoms with Gasteiger partial charge in [0.15, 0.2) is 0 Å². The van der Waals surface area contributed by atoms with E-state index in [0.717, 1.165) is 57.4 Å². The standard InChI is InChI=1S/C21H31N3O4.C13H25N3O2/c1-23(2)19(26)17(22-20(27)28-15-16-6-4-3-5-7-16)8-12-24-13-11-21(9-10-21)18(25)14-24;1-15(2)12(18)10(14)3-7-16-8-6-13(4-5-13)11(17)9-16/h3-7,17-18,25H,8-15H2,1-2H3,(H,22,27);10-11,17H,3-9,14H2,1-2H3/t17-,18+;10-,11+/m00/s1. The summed E-state index contributed by atoms with van der Waals surface area (Å²) >= 11 is 0. The number of nitrogens with two attached hydrogens (primary N) is 1. The molecule has 258 valence electrons. The van der Waals surface area contributed by atoms with Gasteiger partial charge in [0, 0.05) is 54.4 Å². The number of aliphatic hydroxyl groups excluding tert-OH is 2. The Morgan fingerprint density at radius 1 is 0.848 bits per heavy atom. The SMILES string of the molecule is CN(C)C(=O)[C@@H](N)CCN1CCC2(CC2)[C@H](O)C1.CN(C)C(=O)[C@H](CCN1CCC2(CC2)[C@H](O)C1)NC(=O)OCc1ccccc1. The van der Waals surface area contributed by atoms with Gasteiger partial charge in [0.2, 0.25) is 11.8 Å². The zero-order valence-corrected chi connectivity index (χ0v) is 28.2. The third kappa shape index (κ3) is 9.87. The van der Waals surface area contributed by atoms with Crippen LogP contribution in [0, 0.1) is 10.8 Å². The number of piperidine rings is 2. The fourth-order valence-electron chi connectivity index (χ4n) is 6.61. The van der Waals surface area contributed by atoms with Gasteiger partial charge in [-0.05, 0) is 80.8 Å². The molecule has 0 unspecified atom stereocenters. The van der Waals surface area contributed by atoms with E-state index in [-0.39, 0.29) is 41.5 Å². The van der Waals surface area contributed by atoms with Crippen molar-refractivity contribution in [2.75, 3.05) is 67.5 Å². The lowest BCUT2D eigenvalue weighted by Crippen LogP contribution is -2.50. The minimum Gasteiger partial charge on any atom is -0.445 e. The highest BCUT2D eigenvalue weighted by atomic mass is 16.5. The predicted molar refractivity (Wildman–Crippen MR) is 176 cm³/mol. The normalized spacial score (nSPS) is 24.2. The number of likely N-dealkylation sites (N-methyl/N-ethyl adjacent to an activating group) is 2. The second-order valence-corrected chi connectivity index (χ2v) is 14.3. The summed E-state index contributed by atoms with van der Waals surface area (Å²) in [5.74, 6) is -0.181. The number of carbonyl (C=O) groups excluding carboxylic acids is 3. The Balaban J connectivity index is 0.000000230. The lowest BCUT2D eigenvalue weighted by Gasteiger charge is -2.37. The summed E-state index contributed by atoms with van der Waals surface area (Å²) < 4.78 is 5.26. The third-order valence-corrected chi connectivity index (χ3v) is 10.4. The first kappa shape index (κ1) is 36.1.